The van der Waals surface area contributed by atoms with Crippen LogP contribution in [0.5, 0.6) is 5.75 Å². The topological polar surface area (TPSA) is 58.6 Å². The van der Waals surface area contributed by atoms with Crippen LogP contribution < -0.4 is 10.1 Å². The molecule has 24 heavy (non-hydrogen) atoms. The predicted molar refractivity (Wildman–Crippen MR) is 94.8 cm³/mol. The average Bonchev–Trinajstić information content (AvgIpc) is 2.63. The van der Waals surface area contributed by atoms with Crippen LogP contribution >= 0.6 is 0 Å². The molecule has 128 valence electrons. The van der Waals surface area contributed by atoms with Gasteiger partial charge in [-0.25, -0.2) is 8.42 Å². The van der Waals surface area contributed by atoms with E-state index in [1.165, 1.54) is 0 Å². The van der Waals surface area contributed by atoms with Crippen LogP contribution in [0.25, 0.3) is 0 Å². The Morgan fingerprint density at radius 2 is 1.62 bits per heavy atom. The molecule has 0 aliphatic carbocycles. The van der Waals surface area contributed by atoms with Gasteiger partial charge in [-0.1, -0.05) is 18.2 Å². The Balaban J connectivity index is 1.62. The van der Waals surface area contributed by atoms with Crippen molar-refractivity contribution in [3.63, 3.8) is 0 Å². The smallest absolute Gasteiger partial charge is 0.243 e. The van der Waals surface area contributed by atoms with Gasteiger partial charge in [-0.05, 0) is 49.2 Å². The number of nitrogens with one attached hydrogen (secondary N) is 1. The summed E-state index contributed by atoms with van der Waals surface area (Å²) in [7, 11) is -1.87. The van der Waals surface area contributed by atoms with Crippen molar-refractivity contribution in [2.24, 2.45) is 0 Å². The molecular formula is C18H22N2O3S. The molecule has 2 aromatic rings. The molecule has 1 saturated heterocycles. The van der Waals surface area contributed by atoms with Gasteiger partial charge in [0.2, 0.25) is 10.0 Å². The van der Waals surface area contributed by atoms with Crippen LogP contribution in [0, 0.1) is 0 Å². The first-order valence-electron chi connectivity index (χ1n) is 8.05. The van der Waals surface area contributed by atoms with Gasteiger partial charge < -0.3 is 10.1 Å². The minimum atomic E-state index is -3.43. The van der Waals surface area contributed by atoms with Gasteiger partial charge in [0.1, 0.15) is 5.75 Å². The molecule has 0 bridgehead atoms. The third kappa shape index (κ3) is 3.71. The molecule has 0 atom stereocenters. The average molecular weight is 346 g/mol. The summed E-state index contributed by atoms with van der Waals surface area (Å²) in [6.07, 6.45) is 1.59. The summed E-state index contributed by atoms with van der Waals surface area (Å²) in [4.78, 5) is 0.317. The second-order valence-corrected chi connectivity index (χ2v) is 7.80. The van der Waals surface area contributed by atoms with Crippen molar-refractivity contribution in [1.82, 2.24) is 4.31 Å². The van der Waals surface area contributed by atoms with Gasteiger partial charge in [-0.2, -0.15) is 4.31 Å². The Hall–Kier alpha value is -2.05. The third-order valence-corrected chi connectivity index (χ3v) is 6.21. The van der Waals surface area contributed by atoms with E-state index in [-0.39, 0.29) is 0 Å². The second-order valence-electron chi connectivity index (χ2n) is 5.86. The fraction of sp³-hybridized carbons (Fsp3) is 0.333. The lowest BCUT2D eigenvalue weighted by atomic mass is 10.1. The SMILES string of the molecule is COc1ccc(S(=O)(=O)N2CCC(Nc3ccccc3)CC2)cc1. The molecule has 1 N–H and O–H groups in total. The number of nitrogens with zero attached hydrogens (tertiary/aromatic N) is 1. The summed E-state index contributed by atoms with van der Waals surface area (Å²) < 4.78 is 32.1. The van der Waals surface area contributed by atoms with Crippen molar-refractivity contribution < 1.29 is 13.2 Å². The van der Waals surface area contributed by atoms with Gasteiger partial charge in [-0.3, -0.25) is 0 Å². The van der Waals surface area contributed by atoms with E-state index in [1.54, 1.807) is 35.7 Å². The number of piperidine rings is 1. The van der Waals surface area contributed by atoms with Crippen LogP contribution in [0.15, 0.2) is 59.5 Å². The number of hydrogen-bond acceptors (Lipinski definition) is 4. The molecule has 1 aliphatic rings. The lowest BCUT2D eigenvalue weighted by Gasteiger charge is -2.32. The zero-order chi connectivity index (χ0) is 17.0. The number of benzene rings is 2. The van der Waals surface area contributed by atoms with Crippen LogP contribution in [-0.2, 0) is 10.0 Å². The van der Waals surface area contributed by atoms with Crippen LogP contribution in [-0.4, -0.2) is 39.0 Å². The Labute approximate surface area is 143 Å². The molecule has 6 heteroatoms. The molecule has 3 rings (SSSR count). The van der Waals surface area contributed by atoms with E-state index in [1.807, 2.05) is 30.3 Å². The maximum Gasteiger partial charge on any atom is 0.243 e. The van der Waals surface area contributed by atoms with Gasteiger partial charge in [0.25, 0.3) is 0 Å². The number of ether oxygens (including phenoxy) is 1. The van der Waals surface area contributed by atoms with Crippen LogP contribution in [0.3, 0.4) is 0 Å². The number of methoxy groups -OCH3 is 1. The lowest BCUT2D eigenvalue weighted by molar-refractivity contribution is 0.329. The highest BCUT2D eigenvalue weighted by atomic mass is 32.2. The number of sulfonamides is 1. The summed E-state index contributed by atoms with van der Waals surface area (Å²) in [5.74, 6) is 0.653. The molecule has 0 spiro atoms. The quantitative estimate of drug-likeness (QED) is 0.904. The molecule has 1 aliphatic heterocycles. The van der Waals surface area contributed by atoms with Crippen molar-refractivity contribution in [2.45, 2.75) is 23.8 Å². The predicted octanol–water partition coefficient (Wildman–Crippen LogP) is 2.96. The van der Waals surface area contributed by atoms with Crippen LogP contribution in [0.4, 0.5) is 5.69 Å². The third-order valence-electron chi connectivity index (χ3n) is 4.30. The lowest BCUT2D eigenvalue weighted by Crippen LogP contribution is -2.42. The number of rotatable bonds is 5. The van der Waals surface area contributed by atoms with E-state index < -0.39 is 10.0 Å². The summed E-state index contributed by atoms with van der Waals surface area (Å²) in [6.45, 7) is 1.05. The zero-order valence-electron chi connectivity index (χ0n) is 13.7. The van der Waals surface area contributed by atoms with E-state index in [2.05, 4.69) is 5.32 Å². The van der Waals surface area contributed by atoms with Gasteiger partial charge in [0.15, 0.2) is 0 Å². The van der Waals surface area contributed by atoms with Crippen molar-refractivity contribution in [2.75, 3.05) is 25.5 Å². The zero-order valence-corrected chi connectivity index (χ0v) is 14.5. The van der Waals surface area contributed by atoms with E-state index in [9.17, 15) is 8.42 Å². The fourth-order valence-electron chi connectivity index (χ4n) is 2.91. The molecule has 5 nitrogen and oxygen atoms in total. The summed E-state index contributed by atoms with van der Waals surface area (Å²) in [5, 5.41) is 3.47. The molecule has 0 saturated carbocycles. The normalized spacial score (nSPS) is 16.7. The maximum atomic E-state index is 12.7. The van der Waals surface area contributed by atoms with E-state index in [0.29, 0.717) is 29.8 Å². The highest BCUT2D eigenvalue weighted by Gasteiger charge is 2.29. The van der Waals surface area contributed by atoms with Crippen LogP contribution in [0.1, 0.15) is 12.8 Å². The second kappa shape index (κ2) is 7.23. The first-order valence-corrected chi connectivity index (χ1v) is 9.49. The standard InChI is InChI=1S/C18H22N2O3S/c1-23-17-7-9-18(10-8-17)24(21,22)20-13-11-16(12-14-20)19-15-5-3-2-4-6-15/h2-10,16,19H,11-14H2,1H3. The highest BCUT2D eigenvalue weighted by molar-refractivity contribution is 7.89. The summed E-state index contributed by atoms with van der Waals surface area (Å²) in [5.41, 5.74) is 1.08. The maximum absolute atomic E-state index is 12.7. The van der Waals surface area contributed by atoms with Gasteiger partial charge >= 0.3 is 0 Å². The molecule has 0 radical (unpaired) electrons. The highest BCUT2D eigenvalue weighted by Crippen LogP contribution is 2.24. The van der Waals surface area contributed by atoms with Crippen LogP contribution in [0.2, 0.25) is 0 Å². The largest absolute Gasteiger partial charge is 0.497 e. The Morgan fingerprint density at radius 3 is 2.21 bits per heavy atom. The Kier molecular flexibility index (Phi) is 5.06. The van der Waals surface area contributed by atoms with Gasteiger partial charge in [-0.15, -0.1) is 0 Å². The first kappa shape index (κ1) is 16.8. The molecule has 2 aromatic carbocycles. The number of para-hydroxylation sites is 1. The van der Waals surface area contributed by atoms with E-state index in [4.69, 9.17) is 4.74 Å². The first-order chi connectivity index (χ1) is 11.6. The van der Waals surface area contributed by atoms with E-state index in [0.717, 1.165) is 18.5 Å². The monoisotopic (exact) mass is 346 g/mol. The molecule has 1 heterocycles. The van der Waals surface area contributed by atoms with Gasteiger partial charge in [0.05, 0.1) is 12.0 Å². The summed E-state index contributed by atoms with van der Waals surface area (Å²) in [6, 6.07) is 16.9. The van der Waals surface area contributed by atoms with Crippen molar-refractivity contribution >= 4 is 15.7 Å². The van der Waals surface area contributed by atoms with Crippen molar-refractivity contribution in [1.29, 1.82) is 0 Å². The molecule has 0 amide bonds. The molecule has 1 fully saturated rings. The molecule has 0 unspecified atom stereocenters. The Bertz CT molecular complexity index is 753. The summed E-state index contributed by atoms with van der Waals surface area (Å²) >= 11 is 0. The van der Waals surface area contributed by atoms with Gasteiger partial charge in [0, 0.05) is 24.8 Å². The minimum Gasteiger partial charge on any atom is -0.497 e. The molecular weight excluding hydrogens is 324 g/mol. The number of anilines is 1. The molecule has 0 aromatic heterocycles. The van der Waals surface area contributed by atoms with Crippen molar-refractivity contribution in [3.8, 4) is 5.75 Å². The number of hydrogen-bond donors (Lipinski definition) is 1. The van der Waals surface area contributed by atoms with Crippen molar-refractivity contribution in [3.05, 3.63) is 54.6 Å². The Morgan fingerprint density at radius 1 is 1.00 bits per heavy atom. The van der Waals surface area contributed by atoms with E-state index >= 15 is 0 Å². The minimum absolute atomic E-state index is 0.301. The fourth-order valence-corrected chi connectivity index (χ4v) is 4.38.